The van der Waals surface area contributed by atoms with Crippen molar-refractivity contribution in [3.8, 4) is 39.5 Å². The van der Waals surface area contributed by atoms with E-state index in [1.54, 1.807) is 0 Å². The molecule has 3 heteroatoms. The molecule has 3 nitrogen and oxygen atoms in total. The molecule has 0 aliphatic carbocycles. The van der Waals surface area contributed by atoms with Gasteiger partial charge in [-0.1, -0.05) is 140 Å². The summed E-state index contributed by atoms with van der Waals surface area (Å²) in [4.78, 5) is 10.8. The topological polar surface area (TPSA) is 30.7 Å². The Labute approximate surface area is 283 Å². The van der Waals surface area contributed by atoms with E-state index in [-0.39, 0.29) is 0 Å². The third kappa shape index (κ3) is 4.51. The zero-order chi connectivity index (χ0) is 32.3. The second kappa shape index (κ2) is 11.0. The fraction of sp³-hybridized carbons (Fsp3) is 0. The first-order valence-corrected chi connectivity index (χ1v) is 16.7. The Bertz CT molecular complexity index is 2870. The van der Waals surface area contributed by atoms with Gasteiger partial charge >= 0.3 is 0 Å². The molecule has 10 rings (SSSR count). The van der Waals surface area contributed by atoms with Crippen LogP contribution in [0.3, 0.4) is 0 Å². The lowest BCUT2D eigenvalue weighted by Gasteiger charge is -2.16. The van der Waals surface area contributed by atoms with Crippen LogP contribution in [-0.2, 0) is 0 Å². The Morgan fingerprint density at radius 3 is 1.73 bits per heavy atom. The van der Waals surface area contributed by atoms with E-state index >= 15 is 0 Å². The predicted molar refractivity (Wildman–Crippen MR) is 205 cm³/mol. The summed E-state index contributed by atoms with van der Waals surface area (Å²) in [7, 11) is 0. The first-order chi connectivity index (χ1) is 24.3. The number of benzene rings is 8. The normalized spacial score (nSPS) is 11.7. The summed E-state index contributed by atoms with van der Waals surface area (Å²) in [6.07, 6.45) is 0. The highest BCUT2D eigenvalue weighted by molar-refractivity contribution is 6.13. The van der Waals surface area contributed by atoms with Gasteiger partial charge in [-0.25, -0.2) is 9.97 Å². The van der Waals surface area contributed by atoms with Crippen LogP contribution in [0.15, 0.2) is 176 Å². The summed E-state index contributed by atoms with van der Waals surface area (Å²) >= 11 is 0. The molecule has 0 unspecified atom stereocenters. The van der Waals surface area contributed by atoms with Crippen molar-refractivity contribution in [2.24, 2.45) is 0 Å². The van der Waals surface area contributed by atoms with E-state index in [4.69, 9.17) is 9.97 Å². The van der Waals surface area contributed by atoms with Crippen molar-refractivity contribution in [1.82, 2.24) is 14.5 Å². The van der Waals surface area contributed by atoms with Crippen molar-refractivity contribution < 1.29 is 0 Å². The van der Waals surface area contributed by atoms with Gasteiger partial charge in [-0.05, 0) is 80.2 Å². The molecular formula is C46H29N3. The van der Waals surface area contributed by atoms with E-state index < -0.39 is 0 Å². The average molecular weight is 624 g/mol. The maximum atomic E-state index is 5.42. The van der Waals surface area contributed by atoms with Gasteiger partial charge in [0.2, 0.25) is 5.95 Å². The van der Waals surface area contributed by atoms with Crippen molar-refractivity contribution in [3.63, 3.8) is 0 Å². The number of hydrogen-bond acceptors (Lipinski definition) is 2. The van der Waals surface area contributed by atoms with Crippen molar-refractivity contribution in [2.75, 3.05) is 0 Å². The highest BCUT2D eigenvalue weighted by atomic mass is 15.2. The Hall–Kier alpha value is -6.58. The summed E-state index contributed by atoms with van der Waals surface area (Å²) in [5.41, 5.74) is 9.65. The lowest BCUT2D eigenvalue weighted by molar-refractivity contribution is 1.01. The minimum absolute atomic E-state index is 0.657. The highest BCUT2D eigenvalue weighted by Crippen LogP contribution is 2.40. The van der Waals surface area contributed by atoms with Crippen molar-refractivity contribution in [2.45, 2.75) is 0 Å². The van der Waals surface area contributed by atoms with Gasteiger partial charge in [-0.3, -0.25) is 4.57 Å². The summed E-state index contributed by atoms with van der Waals surface area (Å²) in [5, 5.41) is 8.24. The Kier molecular flexibility index (Phi) is 6.18. The van der Waals surface area contributed by atoms with Crippen LogP contribution < -0.4 is 0 Å². The SMILES string of the molecule is c1ccc(-c2cc3c(-c4ccccc4)nc(-n4c5ccccc5c5cc6ccccc6cc54)nc3cc2-c2ccc3ccccc3c2)cc1. The van der Waals surface area contributed by atoms with Gasteiger partial charge in [0.1, 0.15) is 0 Å². The number of hydrogen-bond donors (Lipinski definition) is 0. The standard InChI is InChI=1S/C46H29N3/c1-3-14-31(15-4-1)38-28-41-42(29-39(38)36-24-23-30-13-7-8-18-33(30)25-36)47-46(48-45(41)32-16-5-2-6-17-32)49-43-22-12-11-21-37(43)40-26-34-19-9-10-20-35(34)27-44(40)49/h1-29H. The number of para-hydroxylation sites is 1. The fourth-order valence-corrected chi connectivity index (χ4v) is 7.40. The highest BCUT2D eigenvalue weighted by Gasteiger charge is 2.20. The third-order valence-electron chi connectivity index (χ3n) is 9.76. The van der Waals surface area contributed by atoms with E-state index in [0.717, 1.165) is 55.4 Å². The molecular weight excluding hydrogens is 595 g/mol. The minimum atomic E-state index is 0.657. The number of aromatic nitrogens is 3. The van der Waals surface area contributed by atoms with Gasteiger partial charge in [0, 0.05) is 21.7 Å². The zero-order valence-corrected chi connectivity index (χ0v) is 26.6. The van der Waals surface area contributed by atoms with Gasteiger partial charge in [-0.15, -0.1) is 0 Å². The lowest BCUT2D eigenvalue weighted by atomic mass is 9.91. The first kappa shape index (κ1) is 27.5. The van der Waals surface area contributed by atoms with Gasteiger partial charge in [0.15, 0.2) is 0 Å². The second-order valence-electron chi connectivity index (χ2n) is 12.7. The number of rotatable bonds is 4. The van der Waals surface area contributed by atoms with E-state index in [9.17, 15) is 0 Å². The third-order valence-corrected chi connectivity index (χ3v) is 9.76. The summed E-state index contributed by atoms with van der Waals surface area (Å²) in [5.74, 6) is 0.657. The van der Waals surface area contributed by atoms with Gasteiger partial charge < -0.3 is 0 Å². The van der Waals surface area contributed by atoms with Crippen molar-refractivity contribution in [1.29, 1.82) is 0 Å². The smallest absolute Gasteiger partial charge is 0.235 e. The molecule has 0 saturated carbocycles. The van der Waals surface area contributed by atoms with Crippen LogP contribution >= 0.6 is 0 Å². The van der Waals surface area contributed by atoms with Gasteiger partial charge in [0.25, 0.3) is 0 Å². The maximum Gasteiger partial charge on any atom is 0.235 e. The predicted octanol–water partition coefficient (Wildman–Crippen LogP) is 12.0. The lowest BCUT2D eigenvalue weighted by Crippen LogP contribution is -2.04. The molecule has 0 saturated heterocycles. The van der Waals surface area contributed by atoms with E-state index in [0.29, 0.717) is 5.95 Å². The Morgan fingerprint density at radius 2 is 0.959 bits per heavy atom. The summed E-state index contributed by atoms with van der Waals surface area (Å²) in [6.45, 7) is 0. The van der Waals surface area contributed by atoms with E-state index in [1.165, 1.54) is 32.3 Å². The largest absolute Gasteiger partial charge is 0.278 e. The van der Waals surface area contributed by atoms with Crippen LogP contribution in [-0.4, -0.2) is 14.5 Å². The van der Waals surface area contributed by atoms with E-state index in [2.05, 4.69) is 180 Å². The molecule has 2 heterocycles. The first-order valence-electron chi connectivity index (χ1n) is 16.7. The molecule has 0 fully saturated rings. The molecule has 0 aliphatic rings. The molecule has 2 aromatic heterocycles. The maximum absolute atomic E-state index is 5.42. The molecule has 0 N–H and O–H groups in total. The fourth-order valence-electron chi connectivity index (χ4n) is 7.40. The van der Waals surface area contributed by atoms with Crippen molar-refractivity contribution in [3.05, 3.63) is 176 Å². The summed E-state index contributed by atoms with van der Waals surface area (Å²) in [6, 6.07) is 62.7. The molecule has 0 bridgehead atoms. The van der Waals surface area contributed by atoms with Gasteiger partial charge in [0.05, 0.1) is 22.2 Å². The second-order valence-corrected chi connectivity index (χ2v) is 12.7. The molecule has 228 valence electrons. The van der Waals surface area contributed by atoms with Crippen LogP contribution in [0, 0.1) is 0 Å². The molecule has 0 atom stereocenters. The van der Waals surface area contributed by atoms with Crippen LogP contribution in [0.4, 0.5) is 0 Å². The van der Waals surface area contributed by atoms with Gasteiger partial charge in [-0.2, -0.15) is 0 Å². The molecule has 49 heavy (non-hydrogen) atoms. The number of fused-ring (bicyclic) bond motifs is 6. The van der Waals surface area contributed by atoms with Crippen LogP contribution in [0.5, 0.6) is 0 Å². The molecule has 8 aromatic carbocycles. The van der Waals surface area contributed by atoms with Crippen LogP contribution in [0.2, 0.25) is 0 Å². The summed E-state index contributed by atoms with van der Waals surface area (Å²) < 4.78 is 2.24. The minimum Gasteiger partial charge on any atom is -0.278 e. The average Bonchev–Trinajstić information content (AvgIpc) is 3.49. The Balaban J connectivity index is 1.32. The monoisotopic (exact) mass is 623 g/mol. The molecule has 0 radical (unpaired) electrons. The van der Waals surface area contributed by atoms with Crippen LogP contribution in [0.25, 0.3) is 93.7 Å². The molecule has 0 amide bonds. The molecule has 0 aliphatic heterocycles. The van der Waals surface area contributed by atoms with Crippen molar-refractivity contribution >= 4 is 54.3 Å². The zero-order valence-electron chi connectivity index (χ0n) is 26.6. The molecule has 10 aromatic rings. The quantitative estimate of drug-likeness (QED) is 0.195. The Morgan fingerprint density at radius 1 is 0.347 bits per heavy atom. The molecule has 0 spiro atoms. The van der Waals surface area contributed by atoms with Crippen LogP contribution in [0.1, 0.15) is 0 Å². The van der Waals surface area contributed by atoms with E-state index in [1.807, 2.05) is 0 Å². The number of nitrogens with zero attached hydrogens (tertiary/aromatic N) is 3.